The molecule has 0 aromatic heterocycles. The number of hydrogen-bond donors (Lipinski definition) is 4. The van der Waals surface area contributed by atoms with E-state index in [1.54, 1.807) is 0 Å². The van der Waals surface area contributed by atoms with Crippen molar-refractivity contribution in [2.75, 3.05) is 45.9 Å². The van der Waals surface area contributed by atoms with Gasteiger partial charge in [0.2, 0.25) is 22.7 Å². The molecule has 2 atom stereocenters. The van der Waals surface area contributed by atoms with E-state index in [2.05, 4.69) is 52.8 Å². The van der Waals surface area contributed by atoms with Crippen molar-refractivity contribution in [2.24, 2.45) is 5.92 Å². The van der Waals surface area contributed by atoms with Crippen LogP contribution < -0.4 is 10.6 Å². The molecule has 2 aromatic rings. The number of nitrogens with one attached hydrogen (secondary N) is 2. The minimum absolute atomic E-state index is 0.132. The Kier molecular flexibility index (Phi) is 10.6. The van der Waals surface area contributed by atoms with Gasteiger partial charge in [-0.15, -0.1) is 0 Å². The van der Waals surface area contributed by atoms with Crippen LogP contribution in [0.3, 0.4) is 0 Å². The summed E-state index contributed by atoms with van der Waals surface area (Å²) in [5.74, 6) is -1.06. The van der Waals surface area contributed by atoms with Crippen LogP contribution in [-0.4, -0.2) is 86.6 Å². The number of nitrogens with zero attached hydrogens (tertiary/aromatic N) is 2. The van der Waals surface area contributed by atoms with E-state index in [9.17, 15) is 22.4 Å². The van der Waals surface area contributed by atoms with Gasteiger partial charge in [0.15, 0.2) is 0 Å². The van der Waals surface area contributed by atoms with Crippen molar-refractivity contribution in [3.05, 3.63) is 48.0 Å². The summed E-state index contributed by atoms with van der Waals surface area (Å²) in [5.41, 5.74) is 1.27. The highest BCUT2D eigenvalue weighted by atomic mass is 32.2. The molecule has 9 nitrogen and oxygen atoms in total. The predicted molar refractivity (Wildman–Crippen MR) is 137 cm³/mol. The molecular formula is C25H35FN4O5S. The summed E-state index contributed by atoms with van der Waals surface area (Å²) in [4.78, 5) is 26.3. The van der Waals surface area contributed by atoms with Crippen molar-refractivity contribution in [3.8, 4) is 0 Å². The van der Waals surface area contributed by atoms with Gasteiger partial charge in [0.05, 0.1) is 19.2 Å². The van der Waals surface area contributed by atoms with Gasteiger partial charge in [-0.2, -0.15) is 4.31 Å². The van der Waals surface area contributed by atoms with E-state index in [4.69, 9.17) is 5.11 Å². The maximum Gasteiger partial charge on any atom is 0.239 e. The van der Waals surface area contributed by atoms with Crippen LogP contribution >= 0.6 is 0 Å². The zero-order valence-corrected chi connectivity index (χ0v) is 21.3. The van der Waals surface area contributed by atoms with E-state index in [1.807, 2.05) is 12.1 Å². The number of carbonyl (C=O) groups is 2. The first-order valence-electron chi connectivity index (χ1n) is 12.2. The van der Waals surface area contributed by atoms with Crippen LogP contribution in [0.25, 0.3) is 10.8 Å². The van der Waals surface area contributed by atoms with E-state index >= 15 is 0 Å². The Morgan fingerprint density at radius 3 is 2.50 bits per heavy atom. The second-order valence-corrected chi connectivity index (χ2v) is 10.2. The third-order valence-corrected chi connectivity index (χ3v) is 7.42. The monoisotopic (exact) mass is 522 g/mol. The van der Waals surface area contributed by atoms with Gasteiger partial charge in [0, 0.05) is 19.1 Å². The van der Waals surface area contributed by atoms with Gasteiger partial charge in [-0.1, -0.05) is 42.5 Å². The first-order valence-corrected chi connectivity index (χ1v) is 13.3. The van der Waals surface area contributed by atoms with E-state index in [1.165, 1.54) is 16.3 Å². The third-order valence-electron chi connectivity index (χ3n) is 6.66. The Morgan fingerprint density at radius 2 is 1.81 bits per heavy atom. The molecule has 1 aliphatic rings. The molecule has 1 fully saturated rings. The summed E-state index contributed by atoms with van der Waals surface area (Å²) in [5, 5.41) is 16.2. The first kappa shape index (κ1) is 28.0. The average molecular weight is 523 g/mol. The number of likely N-dealkylation sites (tertiary alicyclic amines) is 1. The predicted octanol–water partition coefficient (Wildman–Crippen LogP) is 1.00. The number of aliphatic hydroxyl groups excluding tert-OH is 1. The number of benzene rings is 2. The molecule has 11 heteroatoms. The number of piperidine rings is 1. The maximum absolute atomic E-state index is 12.2. The van der Waals surface area contributed by atoms with Crippen molar-refractivity contribution in [1.82, 2.24) is 19.8 Å². The lowest BCUT2D eigenvalue weighted by molar-refractivity contribution is -0.126. The van der Waals surface area contributed by atoms with Crippen molar-refractivity contribution in [1.29, 1.82) is 0 Å². The minimum Gasteiger partial charge on any atom is -0.389 e. The Balaban J connectivity index is 1.47. The van der Waals surface area contributed by atoms with Crippen LogP contribution in [0, 0.1) is 5.92 Å². The van der Waals surface area contributed by atoms with E-state index in [-0.39, 0.29) is 38.1 Å². The third kappa shape index (κ3) is 7.95. The molecule has 1 saturated heterocycles. The highest BCUT2D eigenvalue weighted by Crippen LogP contribution is 2.31. The smallest absolute Gasteiger partial charge is 0.239 e. The van der Waals surface area contributed by atoms with Crippen molar-refractivity contribution in [3.63, 3.8) is 0 Å². The van der Waals surface area contributed by atoms with Gasteiger partial charge in [0.1, 0.15) is 6.67 Å². The Bertz CT molecular complexity index is 1090. The zero-order valence-electron chi connectivity index (χ0n) is 20.4. The van der Waals surface area contributed by atoms with Crippen LogP contribution in [0.2, 0.25) is 0 Å². The number of hydrogen-bond acceptors (Lipinski definition) is 6. The summed E-state index contributed by atoms with van der Waals surface area (Å²) in [6.45, 7) is 2.10. The summed E-state index contributed by atoms with van der Waals surface area (Å²) in [6, 6.07) is 14.9. The van der Waals surface area contributed by atoms with E-state index in [0.29, 0.717) is 0 Å². The molecule has 0 spiro atoms. The number of fused-ring (bicyclic) bond motifs is 1. The van der Waals surface area contributed by atoms with E-state index in [0.717, 1.165) is 30.2 Å². The number of thiol groups is 1. The lowest BCUT2D eigenvalue weighted by atomic mass is 9.93. The number of amides is 2. The lowest BCUT2D eigenvalue weighted by Gasteiger charge is -2.37. The average Bonchev–Trinajstić information content (AvgIpc) is 2.89. The van der Waals surface area contributed by atoms with E-state index < -0.39 is 35.5 Å². The molecule has 0 aliphatic carbocycles. The molecule has 2 aromatic carbocycles. The van der Waals surface area contributed by atoms with Crippen LogP contribution in [-0.2, 0) is 20.5 Å². The zero-order chi connectivity index (χ0) is 26.1. The summed E-state index contributed by atoms with van der Waals surface area (Å²) < 4.78 is 36.9. The fourth-order valence-corrected chi connectivity index (χ4v) is 5.18. The second kappa shape index (κ2) is 13.6. The topological polar surface area (TPSA) is 119 Å². The molecule has 0 bridgehead atoms. The number of alkyl halides is 1. The fraction of sp³-hybridized carbons (Fsp3) is 0.520. The van der Waals surface area contributed by atoms with Crippen LogP contribution in [0.5, 0.6) is 0 Å². The first-order chi connectivity index (χ1) is 17.3. The van der Waals surface area contributed by atoms with Gasteiger partial charge in [-0.05, 0) is 55.1 Å². The van der Waals surface area contributed by atoms with Crippen molar-refractivity contribution < 1.29 is 27.5 Å². The summed E-state index contributed by atoms with van der Waals surface area (Å²) in [6.07, 6.45) is 0.330. The minimum atomic E-state index is -2.96. The molecular weight excluding hydrogens is 487 g/mol. The highest BCUT2D eigenvalue weighted by Gasteiger charge is 2.27. The van der Waals surface area contributed by atoms with Gasteiger partial charge in [0.25, 0.3) is 0 Å². The van der Waals surface area contributed by atoms with Gasteiger partial charge < -0.3 is 15.7 Å². The summed E-state index contributed by atoms with van der Waals surface area (Å²) in [7, 11) is -2.96. The SMILES string of the molecule is CC(c1cccc2ccccc12)N1CCC(CN(CC(=O)NCC(=O)NCC(O)CF)[SH](=O)=O)CC1. The maximum atomic E-state index is 12.2. The van der Waals surface area contributed by atoms with Crippen LogP contribution in [0.4, 0.5) is 4.39 Å². The molecule has 0 saturated carbocycles. The standard InChI is InChI=1S/C25H35FN4O5S/c1-18(22-8-4-6-20-5-2-3-7-23(20)22)29-11-9-19(10-12-29)16-30(36(34)35)17-25(33)28-15-24(32)27-14-21(31)13-26/h2-8,18-19,21,31,36H,9-17H2,1H3,(H,27,32)(H,28,33). The molecule has 2 unspecified atom stereocenters. The molecule has 3 N–H and O–H groups in total. The highest BCUT2D eigenvalue weighted by molar-refractivity contribution is 7.69. The van der Waals surface area contributed by atoms with Crippen molar-refractivity contribution in [2.45, 2.75) is 31.9 Å². The number of rotatable bonds is 12. The number of halogens is 1. The molecule has 2 amide bonds. The van der Waals surface area contributed by atoms with Gasteiger partial charge >= 0.3 is 0 Å². The normalized spacial score (nSPS) is 16.8. The second-order valence-electron chi connectivity index (χ2n) is 9.20. The Hall–Kier alpha value is -2.60. The molecule has 3 rings (SSSR count). The lowest BCUT2D eigenvalue weighted by Crippen LogP contribution is -2.45. The number of carbonyl (C=O) groups excluding carboxylic acids is 2. The fourth-order valence-electron chi connectivity index (χ4n) is 4.57. The Labute approximate surface area is 212 Å². The molecule has 36 heavy (non-hydrogen) atoms. The largest absolute Gasteiger partial charge is 0.389 e. The summed E-state index contributed by atoms with van der Waals surface area (Å²) >= 11 is 0. The van der Waals surface area contributed by atoms with Crippen molar-refractivity contribution >= 4 is 33.5 Å². The van der Waals surface area contributed by atoms with Gasteiger partial charge in [-0.3, -0.25) is 14.5 Å². The van der Waals surface area contributed by atoms with Crippen LogP contribution in [0.1, 0.15) is 31.4 Å². The molecule has 0 radical (unpaired) electrons. The van der Waals surface area contributed by atoms with Gasteiger partial charge in [-0.25, -0.2) is 12.8 Å². The molecule has 198 valence electrons. The Morgan fingerprint density at radius 1 is 1.11 bits per heavy atom. The molecule has 1 aliphatic heterocycles. The van der Waals surface area contributed by atoms with Crippen LogP contribution in [0.15, 0.2) is 42.5 Å². The quantitative estimate of drug-likeness (QED) is 0.309. The number of aliphatic hydroxyl groups is 1. The molecule has 1 heterocycles.